The fourth-order valence-corrected chi connectivity index (χ4v) is 4.62. The standard InChI is InChI=1S/C14H27NO2S/c1-11(2)5-9-18-13-10-14(16-7-8-17-14)6-4-12(13)15-3/h11-13,15H,4-10H2,1-3H3. The monoisotopic (exact) mass is 273 g/mol. The Kier molecular flexibility index (Phi) is 5.36. The molecule has 1 saturated heterocycles. The molecule has 18 heavy (non-hydrogen) atoms. The second kappa shape index (κ2) is 6.60. The Labute approximate surface area is 115 Å². The van der Waals surface area contributed by atoms with E-state index in [9.17, 15) is 0 Å². The van der Waals surface area contributed by atoms with Gasteiger partial charge in [-0.25, -0.2) is 0 Å². The van der Waals surface area contributed by atoms with Gasteiger partial charge in [-0.05, 0) is 31.6 Å². The fraction of sp³-hybridized carbons (Fsp3) is 1.00. The van der Waals surface area contributed by atoms with Gasteiger partial charge in [0.15, 0.2) is 5.79 Å². The third kappa shape index (κ3) is 3.62. The average molecular weight is 273 g/mol. The summed E-state index contributed by atoms with van der Waals surface area (Å²) in [4.78, 5) is 0. The lowest BCUT2D eigenvalue weighted by atomic mass is 9.89. The summed E-state index contributed by atoms with van der Waals surface area (Å²) in [6, 6.07) is 0.612. The van der Waals surface area contributed by atoms with E-state index in [1.807, 2.05) is 0 Å². The van der Waals surface area contributed by atoms with Crippen molar-refractivity contribution in [2.45, 2.75) is 56.6 Å². The summed E-state index contributed by atoms with van der Waals surface area (Å²) in [5.41, 5.74) is 0. The summed E-state index contributed by atoms with van der Waals surface area (Å²) in [5.74, 6) is 1.79. The van der Waals surface area contributed by atoms with E-state index in [-0.39, 0.29) is 5.79 Å². The van der Waals surface area contributed by atoms with Gasteiger partial charge in [0.05, 0.1) is 13.2 Å². The van der Waals surface area contributed by atoms with Crippen LogP contribution in [0.15, 0.2) is 0 Å². The first kappa shape index (κ1) is 14.6. The molecule has 106 valence electrons. The van der Waals surface area contributed by atoms with Crippen LogP contribution < -0.4 is 5.32 Å². The highest BCUT2D eigenvalue weighted by Gasteiger charge is 2.44. The number of ether oxygens (including phenoxy) is 2. The second-order valence-electron chi connectivity index (χ2n) is 5.84. The molecule has 0 aromatic heterocycles. The van der Waals surface area contributed by atoms with E-state index >= 15 is 0 Å². The van der Waals surface area contributed by atoms with E-state index in [4.69, 9.17) is 9.47 Å². The Balaban J connectivity index is 1.86. The van der Waals surface area contributed by atoms with Crippen LogP contribution in [-0.4, -0.2) is 43.1 Å². The molecule has 1 saturated carbocycles. The average Bonchev–Trinajstić information content (AvgIpc) is 2.77. The van der Waals surface area contributed by atoms with Crippen LogP contribution in [0.4, 0.5) is 0 Å². The molecule has 2 aliphatic rings. The van der Waals surface area contributed by atoms with Crippen LogP contribution in [0.3, 0.4) is 0 Å². The normalized spacial score (nSPS) is 31.3. The summed E-state index contributed by atoms with van der Waals surface area (Å²) in [6.07, 6.45) is 4.54. The summed E-state index contributed by atoms with van der Waals surface area (Å²) >= 11 is 2.10. The molecule has 0 aromatic rings. The number of hydrogen-bond acceptors (Lipinski definition) is 4. The molecule has 2 unspecified atom stereocenters. The molecular formula is C14H27NO2S. The van der Waals surface area contributed by atoms with Gasteiger partial charge in [0.2, 0.25) is 0 Å². The number of rotatable bonds is 5. The molecule has 0 aromatic carbocycles. The highest BCUT2D eigenvalue weighted by molar-refractivity contribution is 7.99. The highest BCUT2D eigenvalue weighted by Crippen LogP contribution is 2.40. The first-order chi connectivity index (χ1) is 8.65. The molecule has 1 aliphatic heterocycles. The highest BCUT2D eigenvalue weighted by atomic mass is 32.2. The Morgan fingerprint density at radius 1 is 1.33 bits per heavy atom. The Morgan fingerprint density at radius 2 is 2.06 bits per heavy atom. The maximum absolute atomic E-state index is 5.87. The largest absolute Gasteiger partial charge is 0.347 e. The van der Waals surface area contributed by atoms with E-state index in [1.54, 1.807) is 0 Å². The molecule has 0 bridgehead atoms. The van der Waals surface area contributed by atoms with Crippen molar-refractivity contribution >= 4 is 11.8 Å². The molecule has 2 atom stereocenters. The van der Waals surface area contributed by atoms with Gasteiger partial charge in [-0.2, -0.15) is 11.8 Å². The molecule has 1 heterocycles. The van der Waals surface area contributed by atoms with Gasteiger partial charge in [-0.3, -0.25) is 0 Å². The zero-order chi connectivity index (χ0) is 13.0. The molecule has 1 spiro atoms. The maximum atomic E-state index is 5.87. The van der Waals surface area contributed by atoms with Gasteiger partial charge >= 0.3 is 0 Å². The van der Waals surface area contributed by atoms with Gasteiger partial charge in [0.25, 0.3) is 0 Å². The lowest BCUT2D eigenvalue weighted by Gasteiger charge is -2.40. The van der Waals surface area contributed by atoms with Crippen molar-refractivity contribution in [2.24, 2.45) is 5.92 Å². The minimum absolute atomic E-state index is 0.247. The first-order valence-electron chi connectivity index (χ1n) is 7.22. The van der Waals surface area contributed by atoms with Crippen LogP contribution >= 0.6 is 11.8 Å². The third-order valence-electron chi connectivity index (χ3n) is 4.01. The van der Waals surface area contributed by atoms with Crippen LogP contribution in [0.1, 0.15) is 39.5 Å². The Morgan fingerprint density at radius 3 is 2.67 bits per heavy atom. The maximum Gasteiger partial charge on any atom is 0.169 e. The molecule has 2 fully saturated rings. The summed E-state index contributed by atoms with van der Waals surface area (Å²) in [6.45, 7) is 6.13. The zero-order valence-electron chi connectivity index (χ0n) is 11.9. The van der Waals surface area contributed by atoms with Gasteiger partial charge in [-0.15, -0.1) is 0 Å². The van der Waals surface area contributed by atoms with E-state index in [0.717, 1.165) is 38.4 Å². The molecule has 3 nitrogen and oxygen atoms in total. The number of thioether (sulfide) groups is 1. The number of hydrogen-bond donors (Lipinski definition) is 1. The summed E-state index contributed by atoms with van der Waals surface area (Å²) < 4.78 is 11.7. The molecule has 1 N–H and O–H groups in total. The molecule has 2 rings (SSSR count). The van der Waals surface area contributed by atoms with Crippen molar-refractivity contribution in [3.05, 3.63) is 0 Å². The molecule has 4 heteroatoms. The predicted octanol–water partition coefficient (Wildman–Crippen LogP) is 2.65. The van der Waals surface area contributed by atoms with Gasteiger partial charge in [0.1, 0.15) is 0 Å². The van der Waals surface area contributed by atoms with Crippen LogP contribution in [0.2, 0.25) is 0 Å². The van der Waals surface area contributed by atoms with Gasteiger partial charge in [0, 0.05) is 24.1 Å². The van der Waals surface area contributed by atoms with Crippen molar-refractivity contribution in [3.8, 4) is 0 Å². The Bertz CT molecular complexity index is 254. The molecule has 1 aliphatic carbocycles. The van der Waals surface area contributed by atoms with Crippen molar-refractivity contribution in [1.82, 2.24) is 5.32 Å². The minimum Gasteiger partial charge on any atom is -0.347 e. The van der Waals surface area contributed by atoms with Gasteiger partial charge < -0.3 is 14.8 Å². The van der Waals surface area contributed by atoms with Crippen molar-refractivity contribution < 1.29 is 9.47 Å². The predicted molar refractivity (Wildman–Crippen MR) is 77.0 cm³/mol. The molecule has 0 amide bonds. The molecular weight excluding hydrogens is 246 g/mol. The Hall–Kier alpha value is 0.230. The van der Waals surface area contributed by atoms with Gasteiger partial charge in [-0.1, -0.05) is 13.8 Å². The summed E-state index contributed by atoms with van der Waals surface area (Å²) in [7, 11) is 2.08. The molecule has 0 radical (unpaired) electrons. The van der Waals surface area contributed by atoms with E-state index in [1.165, 1.54) is 12.2 Å². The van der Waals surface area contributed by atoms with Crippen LogP contribution in [-0.2, 0) is 9.47 Å². The number of nitrogens with one attached hydrogen (secondary N) is 1. The zero-order valence-corrected chi connectivity index (χ0v) is 12.7. The van der Waals surface area contributed by atoms with E-state index in [0.29, 0.717) is 11.3 Å². The van der Waals surface area contributed by atoms with E-state index in [2.05, 4.69) is 38.0 Å². The first-order valence-corrected chi connectivity index (χ1v) is 8.27. The van der Waals surface area contributed by atoms with Crippen LogP contribution in [0, 0.1) is 5.92 Å². The SMILES string of the molecule is CNC1CCC2(CC1SCCC(C)C)OCCO2. The van der Waals surface area contributed by atoms with Crippen molar-refractivity contribution in [1.29, 1.82) is 0 Å². The lowest BCUT2D eigenvalue weighted by molar-refractivity contribution is -0.177. The quantitative estimate of drug-likeness (QED) is 0.834. The second-order valence-corrected chi connectivity index (χ2v) is 7.18. The lowest BCUT2D eigenvalue weighted by Crippen LogP contribution is -2.48. The van der Waals surface area contributed by atoms with E-state index < -0.39 is 0 Å². The topological polar surface area (TPSA) is 30.5 Å². The van der Waals surface area contributed by atoms with Crippen LogP contribution in [0.25, 0.3) is 0 Å². The summed E-state index contributed by atoms with van der Waals surface area (Å²) in [5, 5.41) is 4.09. The fourth-order valence-electron chi connectivity index (χ4n) is 2.83. The van der Waals surface area contributed by atoms with Crippen molar-refractivity contribution in [2.75, 3.05) is 26.0 Å². The smallest absolute Gasteiger partial charge is 0.169 e. The van der Waals surface area contributed by atoms with Crippen LogP contribution in [0.5, 0.6) is 0 Å². The van der Waals surface area contributed by atoms with Crippen molar-refractivity contribution in [3.63, 3.8) is 0 Å². The minimum atomic E-state index is -0.247. The third-order valence-corrected chi connectivity index (χ3v) is 5.40.